The molecule has 178 valence electrons. The quantitative estimate of drug-likeness (QED) is 0.263. The summed E-state index contributed by atoms with van der Waals surface area (Å²) in [5, 5.41) is 9.65. The van der Waals surface area contributed by atoms with Gasteiger partial charge < -0.3 is 20.9 Å². The Labute approximate surface area is 204 Å². The molecule has 0 aliphatic carbocycles. The van der Waals surface area contributed by atoms with Crippen LogP contribution in [0.25, 0.3) is 10.9 Å². The number of pyridine rings is 1. The van der Waals surface area contributed by atoms with E-state index in [1.54, 1.807) is 12.3 Å². The van der Waals surface area contributed by atoms with Gasteiger partial charge in [-0.15, -0.1) is 6.42 Å². The predicted molar refractivity (Wildman–Crippen MR) is 136 cm³/mol. The van der Waals surface area contributed by atoms with Crippen LogP contribution in [0.3, 0.4) is 0 Å². The van der Waals surface area contributed by atoms with Gasteiger partial charge in [0.2, 0.25) is 11.8 Å². The summed E-state index contributed by atoms with van der Waals surface area (Å²) in [6.45, 7) is 2.09. The van der Waals surface area contributed by atoms with Crippen LogP contribution in [0.15, 0.2) is 48.9 Å². The third kappa shape index (κ3) is 5.80. The molecule has 1 aromatic carbocycles. The molecule has 9 nitrogen and oxygen atoms in total. The first-order valence-corrected chi connectivity index (χ1v) is 11.3. The van der Waals surface area contributed by atoms with Gasteiger partial charge in [0.25, 0.3) is 0 Å². The van der Waals surface area contributed by atoms with Gasteiger partial charge in [0.05, 0.1) is 17.4 Å². The molecule has 0 bridgehead atoms. The number of amides is 2. The molecule has 0 fully saturated rings. The summed E-state index contributed by atoms with van der Waals surface area (Å²) in [6, 6.07) is 7.64. The SMILES string of the molecule is C#Cc1ccc2c(c1)NCC2c1ncnc2cnc(NC(=O)C=CC(=O)NCCCN(C)C)cc12. The number of carbonyl (C=O) groups excluding carboxylic acids is 2. The van der Waals surface area contributed by atoms with Crippen LogP contribution in [0.1, 0.15) is 29.2 Å². The predicted octanol–water partition coefficient (Wildman–Crippen LogP) is 2.13. The average Bonchev–Trinajstić information content (AvgIpc) is 3.28. The standard InChI is InChI=1S/C26H27N7O2/c1-4-17-6-7-18-20(14-28-21(18)12-17)26-19-13-23(29-15-22(19)30-16-31-26)32-25(35)9-8-24(34)27-10-5-11-33(2)3/h1,6-9,12-13,15-16,20,28H,5,10-11,14H2,2-3H3,(H,27,34)(H,29,32,35). The van der Waals surface area contributed by atoms with Crippen LogP contribution in [0, 0.1) is 12.3 Å². The van der Waals surface area contributed by atoms with E-state index in [1.807, 2.05) is 37.2 Å². The molecule has 2 aromatic heterocycles. The van der Waals surface area contributed by atoms with E-state index in [-0.39, 0.29) is 11.8 Å². The number of benzene rings is 1. The second kappa shape index (κ2) is 10.8. The monoisotopic (exact) mass is 469 g/mol. The number of rotatable bonds is 8. The van der Waals surface area contributed by atoms with Gasteiger partial charge in [0.1, 0.15) is 12.1 Å². The molecule has 1 aliphatic heterocycles. The molecule has 1 atom stereocenters. The third-order valence-corrected chi connectivity index (χ3v) is 5.69. The van der Waals surface area contributed by atoms with Gasteiger partial charge in [-0.1, -0.05) is 12.0 Å². The van der Waals surface area contributed by atoms with Gasteiger partial charge in [-0.05, 0) is 50.8 Å². The van der Waals surface area contributed by atoms with Gasteiger partial charge in [0.15, 0.2) is 0 Å². The van der Waals surface area contributed by atoms with Gasteiger partial charge in [0, 0.05) is 47.8 Å². The molecule has 1 aliphatic rings. The first-order valence-electron chi connectivity index (χ1n) is 11.3. The van der Waals surface area contributed by atoms with Crippen LogP contribution in [0.5, 0.6) is 0 Å². The molecule has 35 heavy (non-hydrogen) atoms. The van der Waals surface area contributed by atoms with E-state index in [2.05, 4.69) is 36.8 Å². The van der Waals surface area contributed by atoms with Crippen LogP contribution in [0.2, 0.25) is 0 Å². The number of hydrogen-bond donors (Lipinski definition) is 3. The van der Waals surface area contributed by atoms with E-state index >= 15 is 0 Å². The van der Waals surface area contributed by atoms with Gasteiger partial charge in [-0.25, -0.2) is 15.0 Å². The van der Waals surface area contributed by atoms with E-state index in [9.17, 15) is 9.59 Å². The molecule has 0 saturated heterocycles. The van der Waals surface area contributed by atoms with Gasteiger partial charge >= 0.3 is 0 Å². The van der Waals surface area contributed by atoms with Crippen molar-refractivity contribution in [2.24, 2.45) is 0 Å². The summed E-state index contributed by atoms with van der Waals surface area (Å²) in [6.07, 6.45) is 11.9. The second-order valence-corrected chi connectivity index (χ2v) is 8.50. The largest absolute Gasteiger partial charge is 0.384 e. The van der Waals surface area contributed by atoms with E-state index in [0.717, 1.165) is 40.9 Å². The average molecular weight is 470 g/mol. The molecular weight excluding hydrogens is 442 g/mol. The highest BCUT2D eigenvalue weighted by Crippen LogP contribution is 2.38. The summed E-state index contributed by atoms with van der Waals surface area (Å²) in [5.41, 5.74) is 4.42. The highest BCUT2D eigenvalue weighted by atomic mass is 16.2. The lowest BCUT2D eigenvalue weighted by molar-refractivity contribution is -0.117. The van der Waals surface area contributed by atoms with Crippen molar-refractivity contribution < 1.29 is 9.59 Å². The molecule has 3 heterocycles. The number of terminal acetylenes is 1. The Morgan fingerprint density at radius 3 is 2.83 bits per heavy atom. The molecule has 9 heteroatoms. The molecule has 3 aromatic rings. The number of hydrogen-bond acceptors (Lipinski definition) is 7. The van der Waals surface area contributed by atoms with Crippen molar-refractivity contribution in [3.05, 3.63) is 65.8 Å². The van der Waals surface area contributed by atoms with Crippen molar-refractivity contribution in [3.63, 3.8) is 0 Å². The summed E-state index contributed by atoms with van der Waals surface area (Å²) < 4.78 is 0. The molecule has 0 saturated carbocycles. The van der Waals surface area contributed by atoms with E-state index < -0.39 is 5.91 Å². The number of nitrogens with zero attached hydrogens (tertiary/aromatic N) is 4. The van der Waals surface area contributed by atoms with Crippen LogP contribution < -0.4 is 16.0 Å². The Morgan fingerprint density at radius 1 is 1.20 bits per heavy atom. The molecule has 0 radical (unpaired) electrons. The zero-order valence-electron chi connectivity index (χ0n) is 19.7. The molecule has 0 spiro atoms. The summed E-state index contributed by atoms with van der Waals surface area (Å²) in [4.78, 5) is 39.5. The Bertz CT molecular complexity index is 1330. The maximum atomic E-state index is 12.4. The lowest BCUT2D eigenvalue weighted by Gasteiger charge is -2.13. The van der Waals surface area contributed by atoms with Crippen molar-refractivity contribution >= 4 is 34.2 Å². The number of fused-ring (bicyclic) bond motifs is 2. The fraction of sp³-hybridized carbons (Fsp3) is 0.269. The van der Waals surface area contributed by atoms with Crippen LogP contribution in [0.4, 0.5) is 11.5 Å². The first kappa shape index (κ1) is 23.9. The van der Waals surface area contributed by atoms with Crippen molar-refractivity contribution in [1.82, 2.24) is 25.2 Å². The molecule has 4 rings (SSSR count). The number of carbonyl (C=O) groups is 2. The van der Waals surface area contributed by atoms with Crippen molar-refractivity contribution in [2.45, 2.75) is 12.3 Å². The van der Waals surface area contributed by atoms with Gasteiger partial charge in [-0.2, -0.15) is 0 Å². The second-order valence-electron chi connectivity index (χ2n) is 8.50. The van der Waals surface area contributed by atoms with Gasteiger partial charge in [-0.3, -0.25) is 9.59 Å². The van der Waals surface area contributed by atoms with Crippen molar-refractivity contribution in [2.75, 3.05) is 44.4 Å². The van der Waals surface area contributed by atoms with Crippen LogP contribution in [-0.2, 0) is 9.59 Å². The van der Waals surface area contributed by atoms with Crippen LogP contribution >= 0.6 is 0 Å². The number of nitrogens with one attached hydrogen (secondary N) is 3. The molecular formula is C26H27N7O2. The lowest BCUT2D eigenvalue weighted by atomic mass is 9.94. The van der Waals surface area contributed by atoms with Crippen molar-refractivity contribution in [1.29, 1.82) is 0 Å². The fourth-order valence-corrected chi connectivity index (χ4v) is 3.98. The fourth-order valence-electron chi connectivity index (χ4n) is 3.98. The molecule has 3 N–H and O–H groups in total. The normalized spacial score (nSPS) is 14.5. The molecule has 2 amide bonds. The van der Waals surface area contributed by atoms with Crippen molar-refractivity contribution in [3.8, 4) is 12.3 Å². The minimum atomic E-state index is -0.451. The summed E-state index contributed by atoms with van der Waals surface area (Å²) in [7, 11) is 3.95. The third-order valence-electron chi connectivity index (χ3n) is 5.69. The molecule has 1 unspecified atom stereocenters. The van der Waals surface area contributed by atoms with E-state index in [0.29, 0.717) is 24.4 Å². The maximum Gasteiger partial charge on any atom is 0.249 e. The van der Waals surface area contributed by atoms with Crippen LogP contribution in [-0.4, -0.2) is 65.4 Å². The first-order chi connectivity index (χ1) is 16.9. The van der Waals surface area contributed by atoms with E-state index in [4.69, 9.17) is 6.42 Å². The lowest BCUT2D eigenvalue weighted by Crippen LogP contribution is -2.25. The summed E-state index contributed by atoms with van der Waals surface area (Å²) in [5.74, 6) is 2.24. The maximum absolute atomic E-state index is 12.4. The minimum Gasteiger partial charge on any atom is -0.384 e. The number of anilines is 2. The Hall–Kier alpha value is -4.29. The minimum absolute atomic E-state index is 0.00404. The number of aromatic nitrogens is 3. The Morgan fingerprint density at radius 2 is 2.03 bits per heavy atom. The Kier molecular flexibility index (Phi) is 7.33. The van der Waals surface area contributed by atoms with E-state index in [1.165, 1.54) is 18.5 Å². The highest BCUT2D eigenvalue weighted by Gasteiger charge is 2.27. The Balaban J connectivity index is 1.47. The summed E-state index contributed by atoms with van der Waals surface area (Å²) >= 11 is 0. The smallest absolute Gasteiger partial charge is 0.249 e. The zero-order chi connectivity index (χ0) is 24.8. The highest BCUT2D eigenvalue weighted by molar-refractivity contribution is 6.03. The zero-order valence-corrected chi connectivity index (χ0v) is 19.7. The topological polar surface area (TPSA) is 112 Å².